The molecule has 0 aromatic heterocycles. The molecule has 1 amide bonds. The Hall–Kier alpha value is -1.35. The van der Waals surface area contributed by atoms with Gasteiger partial charge in [-0.25, -0.2) is 4.99 Å². The van der Waals surface area contributed by atoms with E-state index in [2.05, 4.69) is 57.0 Å². The smallest absolute Gasteiger partial charge is 0.221 e. The van der Waals surface area contributed by atoms with E-state index in [1.54, 1.807) is 0 Å². The summed E-state index contributed by atoms with van der Waals surface area (Å²) < 4.78 is 0. The van der Waals surface area contributed by atoms with Gasteiger partial charge in [-0.05, 0) is 56.8 Å². The van der Waals surface area contributed by atoms with Crippen LogP contribution in [0.1, 0.15) is 63.0 Å². The molecule has 6 nitrogen and oxygen atoms in total. The van der Waals surface area contributed by atoms with E-state index >= 15 is 0 Å². The summed E-state index contributed by atoms with van der Waals surface area (Å²) in [5.74, 6) is 0.899. The van der Waals surface area contributed by atoms with E-state index in [4.69, 9.17) is 0 Å². The highest BCUT2D eigenvalue weighted by molar-refractivity contribution is 14.0. The largest absolute Gasteiger partial charge is 0.357 e. The number of likely N-dealkylation sites (tertiary alicyclic amines) is 1. The maximum atomic E-state index is 12.1. The molecule has 0 bridgehead atoms. The van der Waals surface area contributed by atoms with Crippen LogP contribution >= 0.6 is 24.0 Å². The van der Waals surface area contributed by atoms with E-state index in [-0.39, 0.29) is 29.9 Å². The minimum Gasteiger partial charge on any atom is -0.357 e. The van der Waals surface area contributed by atoms with E-state index in [1.807, 2.05) is 0 Å². The SMILES string of the molecule is CCNC(=NCc1ccc(CN2CCCC2)cc1)NCCC(=O)NC1CCCC1.I. The van der Waals surface area contributed by atoms with Crippen molar-refractivity contribution >= 4 is 35.8 Å². The number of rotatable bonds is 9. The second kappa shape index (κ2) is 13.9. The number of amides is 1. The summed E-state index contributed by atoms with van der Waals surface area (Å²) in [6.07, 6.45) is 7.86. The van der Waals surface area contributed by atoms with E-state index < -0.39 is 0 Å². The Labute approximate surface area is 198 Å². The number of hydrogen-bond acceptors (Lipinski definition) is 3. The van der Waals surface area contributed by atoms with Gasteiger partial charge in [0.05, 0.1) is 6.54 Å². The second-order valence-corrected chi connectivity index (χ2v) is 8.22. The van der Waals surface area contributed by atoms with Crippen molar-refractivity contribution in [2.24, 2.45) is 4.99 Å². The molecule has 3 rings (SSSR count). The second-order valence-electron chi connectivity index (χ2n) is 8.22. The van der Waals surface area contributed by atoms with E-state index in [0.29, 0.717) is 25.6 Å². The molecular weight excluding hydrogens is 489 g/mol. The molecule has 1 aliphatic carbocycles. The standard InChI is InChI=1S/C23H37N5O.HI/c1-2-24-23(25-14-13-22(29)27-21-7-3-4-8-21)26-17-19-9-11-20(12-10-19)18-28-15-5-6-16-28;/h9-12,21H,2-8,13-18H2,1H3,(H,27,29)(H2,24,25,26);1H. The predicted molar refractivity (Wildman–Crippen MR) is 134 cm³/mol. The van der Waals surface area contributed by atoms with E-state index in [1.165, 1.54) is 49.9 Å². The fraction of sp³-hybridized carbons (Fsp3) is 0.652. The Bertz CT molecular complexity index is 652. The molecular formula is C23H38IN5O. The summed E-state index contributed by atoms with van der Waals surface area (Å²) in [7, 11) is 0. The fourth-order valence-corrected chi connectivity index (χ4v) is 4.13. The third-order valence-electron chi connectivity index (χ3n) is 5.76. The number of carbonyl (C=O) groups is 1. The van der Waals surface area contributed by atoms with Crippen LogP contribution in [0.4, 0.5) is 0 Å². The normalized spacial score (nSPS) is 17.6. The van der Waals surface area contributed by atoms with Gasteiger partial charge < -0.3 is 16.0 Å². The third kappa shape index (κ3) is 8.79. The van der Waals surface area contributed by atoms with Crippen molar-refractivity contribution in [1.82, 2.24) is 20.9 Å². The summed E-state index contributed by atoms with van der Waals surface area (Å²) in [4.78, 5) is 19.2. The van der Waals surface area contributed by atoms with Gasteiger partial charge >= 0.3 is 0 Å². The summed E-state index contributed by atoms with van der Waals surface area (Å²) in [6, 6.07) is 9.17. The van der Waals surface area contributed by atoms with Crippen LogP contribution in [-0.2, 0) is 17.9 Å². The monoisotopic (exact) mass is 527 g/mol. The zero-order valence-corrected chi connectivity index (χ0v) is 20.6. The molecule has 1 saturated carbocycles. The molecule has 0 unspecified atom stereocenters. The van der Waals surface area contributed by atoms with Gasteiger partial charge in [-0.1, -0.05) is 37.1 Å². The van der Waals surface area contributed by atoms with Gasteiger partial charge in [-0.3, -0.25) is 9.69 Å². The number of halogens is 1. The van der Waals surface area contributed by atoms with Crippen LogP contribution in [0.3, 0.4) is 0 Å². The molecule has 0 radical (unpaired) electrons. The van der Waals surface area contributed by atoms with Crippen LogP contribution in [0, 0.1) is 0 Å². The highest BCUT2D eigenvalue weighted by atomic mass is 127. The molecule has 1 aromatic rings. The van der Waals surface area contributed by atoms with Crippen LogP contribution < -0.4 is 16.0 Å². The van der Waals surface area contributed by atoms with Crippen molar-refractivity contribution in [3.8, 4) is 0 Å². The van der Waals surface area contributed by atoms with E-state index in [0.717, 1.165) is 31.9 Å². The predicted octanol–water partition coefficient (Wildman–Crippen LogP) is 3.40. The van der Waals surface area contributed by atoms with E-state index in [9.17, 15) is 4.79 Å². The minimum atomic E-state index is 0. The van der Waals surface area contributed by atoms with Gasteiger partial charge in [0.15, 0.2) is 5.96 Å². The first kappa shape index (κ1) is 24.9. The Morgan fingerprint density at radius 3 is 2.37 bits per heavy atom. The number of aliphatic imine (C=N–C) groups is 1. The molecule has 3 N–H and O–H groups in total. The number of benzene rings is 1. The van der Waals surface area contributed by atoms with Crippen molar-refractivity contribution in [1.29, 1.82) is 0 Å². The lowest BCUT2D eigenvalue weighted by Crippen LogP contribution is -2.40. The number of hydrogen-bond donors (Lipinski definition) is 3. The molecule has 0 spiro atoms. The number of carbonyl (C=O) groups excluding carboxylic acids is 1. The lowest BCUT2D eigenvalue weighted by atomic mass is 10.1. The van der Waals surface area contributed by atoms with Gasteiger partial charge in [0.1, 0.15) is 0 Å². The molecule has 1 saturated heterocycles. The van der Waals surface area contributed by atoms with Crippen molar-refractivity contribution < 1.29 is 4.79 Å². The Balaban J connectivity index is 0.00000320. The minimum absolute atomic E-state index is 0. The van der Waals surface area contributed by atoms with Gasteiger partial charge in [-0.15, -0.1) is 24.0 Å². The van der Waals surface area contributed by atoms with Gasteiger partial charge in [0.2, 0.25) is 5.91 Å². The van der Waals surface area contributed by atoms with Gasteiger partial charge in [0.25, 0.3) is 0 Å². The first-order chi connectivity index (χ1) is 14.2. The molecule has 2 aliphatic rings. The maximum Gasteiger partial charge on any atom is 0.221 e. The Morgan fingerprint density at radius 1 is 1.03 bits per heavy atom. The summed E-state index contributed by atoms with van der Waals surface area (Å²) in [6.45, 7) is 7.58. The average molecular weight is 527 g/mol. The molecule has 7 heteroatoms. The van der Waals surface area contributed by atoms with Crippen molar-refractivity contribution in [2.75, 3.05) is 26.2 Å². The van der Waals surface area contributed by atoms with Crippen molar-refractivity contribution in [2.45, 2.75) is 71.0 Å². The van der Waals surface area contributed by atoms with Crippen LogP contribution in [0.2, 0.25) is 0 Å². The lowest BCUT2D eigenvalue weighted by molar-refractivity contribution is -0.121. The topological polar surface area (TPSA) is 68.8 Å². The molecule has 1 aromatic carbocycles. The maximum absolute atomic E-state index is 12.1. The van der Waals surface area contributed by atoms with Crippen LogP contribution in [0.15, 0.2) is 29.3 Å². The van der Waals surface area contributed by atoms with Gasteiger partial charge in [-0.2, -0.15) is 0 Å². The Kier molecular flexibility index (Phi) is 11.5. The summed E-state index contributed by atoms with van der Waals surface area (Å²) in [5.41, 5.74) is 2.57. The zero-order chi connectivity index (χ0) is 20.3. The Morgan fingerprint density at radius 2 is 1.70 bits per heavy atom. The quantitative estimate of drug-likeness (QED) is 0.262. The third-order valence-corrected chi connectivity index (χ3v) is 5.76. The van der Waals surface area contributed by atoms with Crippen LogP contribution in [-0.4, -0.2) is 49.0 Å². The van der Waals surface area contributed by atoms with Crippen LogP contribution in [0.5, 0.6) is 0 Å². The molecule has 168 valence electrons. The fourth-order valence-electron chi connectivity index (χ4n) is 4.13. The van der Waals surface area contributed by atoms with Crippen molar-refractivity contribution in [3.05, 3.63) is 35.4 Å². The van der Waals surface area contributed by atoms with Gasteiger partial charge in [0, 0.05) is 32.1 Å². The van der Waals surface area contributed by atoms with Crippen molar-refractivity contribution in [3.63, 3.8) is 0 Å². The number of nitrogens with one attached hydrogen (secondary N) is 3. The molecule has 30 heavy (non-hydrogen) atoms. The first-order valence-electron chi connectivity index (χ1n) is 11.3. The number of guanidine groups is 1. The molecule has 2 fully saturated rings. The molecule has 0 atom stereocenters. The summed E-state index contributed by atoms with van der Waals surface area (Å²) in [5, 5.41) is 9.67. The lowest BCUT2D eigenvalue weighted by Gasteiger charge is -2.15. The number of nitrogens with zero attached hydrogens (tertiary/aromatic N) is 2. The molecule has 1 heterocycles. The summed E-state index contributed by atoms with van der Waals surface area (Å²) >= 11 is 0. The zero-order valence-electron chi connectivity index (χ0n) is 18.3. The molecule has 1 aliphatic heterocycles. The highest BCUT2D eigenvalue weighted by Gasteiger charge is 2.16. The van der Waals surface area contributed by atoms with Crippen LogP contribution in [0.25, 0.3) is 0 Å². The highest BCUT2D eigenvalue weighted by Crippen LogP contribution is 2.17. The first-order valence-corrected chi connectivity index (χ1v) is 11.3. The average Bonchev–Trinajstić information content (AvgIpc) is 3.41.